The third-order valence-corrected chi connectivity index (χ3v) is 9.53. The molecular formula is C35H42ClN5O3. The molecule has 0 spiro atoms. The highest BCUT2D eigenvalue weighted by atomic mass is 35.5. The number of nitrogens with zero attached hydrogens (tertiary/aromatic N) is 3. The predicted molar refractivity (Wildman–Crippen MR) is 174 cm³/mol. The first kappa shape index (κ1) is 30.4. The van der Waals surface area contributed by atoms with Crippen molar-refractivity contribution < 1.29 is 14.3 Å². The number of para-hydroxylation sites is 2. The van der Waals surface area contributed by atoms with Gasteiger partial charge < -0.3 is 30.1 Å². The highest BCUT2D eigenvalue weighted by Gasteiger charge is 2.36. The average Bonchev–Trinajstić information content (AvgIpc) is 3.46. The smallest absolute Gasteiger partial charge is 0.247 e. The molecule has 9 heteroatoms. The number of benzene rings is 3. The lowest BCUT2D eigenvalue weighted by Crippen LogP contribution is -2.56. The molecule has 8 nitrogen and oxygen atoms in total. The second-order valence-corrected chi connectivity index (χ2v) is 12.6. The topological polar surface area (TPSA) is 77.2 Å². The molecule has 3 aliphatic heterocycles. The molecule has 2 N–H and O–H groups in total. The standard InChI is InChI=1S/C35H42ClN5O3/c1-39-17-9-13-27(24-39)44-31-16-8-7-15-30(31)40-18-20-41(21-19-40)35(43)34(33(36)25-10-3-2-4-11-25)38-32(42)22-29-28-14-6-5-12-26(28)23-37-29/h2-8,10-12,14-16,27,29,33-34,37H,9,13,17-24H2,1H3,(H,38,42)/t27?,29?,33-,34?/m0/s1. The molecule has 2 saturated heterocycles. The summed E-state index contributed by atoms with van der Waals surface area (Å²) in [5.74, 6) is 0.540. The molecule has 3 aromatic rings. The van der Waals surface area contributed by atoms with Crippen LogP contribution in [0.25, 0.3) is 0 Å². The zero-order chi connectivity index (χ0) is 30.5. The van der Waals surface area contributed by atoms with Gasteiger partial charge in [0.15, 0.2) is 0 Å². The van der Waals surface area contributed by atoms with Crippen LogP contribution in [-0.2, 0) is 16.1 Å². The van der Waals surface area contributed by atoms with Crippen molar-refractivity contribution in [1.29, 1.82) is 0 Å². The van der Waals surface area contributed by atoms with Crippen molar-refractivity contribution in [1.82, 2.24) is 20.4 Å². The van der Waals surface area contributed by atoms with Gasteiger partial charge in [-0.05, 0) is 55.3 Å². The first-order valence-electron chi connectivity index (χ1n) is 15.7. The number of anilines is 1. The Morgan fingerprint density at radius 1 is 0.955 bits per heavy atom. The number of carbonyl (C=O) groups is 2. The van der Waals surface area contributed by atoms with Gasteiger partial charge in [0.2, 0.25) is 11.8 Å². The lowest BCUT2D eigenvalue weighted by atomic mass is 10.0. The van der Waals surface area contributed by atoms with Gasteiger partial charge in [0, 0.05) is 51.7 Å². The molecule has 2 amide bonds. The Hall–Kier alpha value is -3.59. The summed E-state index contributed by atoms with van der Waals surface area (Å²) in [4.78, 5) is 33.9. The number of alkyl halides is 1. The summed E-state index contributed by atoms with van der Waals surface area (Å²) < 4.78 is 6.49. The van der Waals surface area contributed by atoms with Crippen molar-refractivity contribution in [2.24, 2.45) is 0 Å². The highest BCUT2D eigenvalue weighted by Crippen LogP contribution is 2.32. The van der Waals surface area contributed by atoms with Gasteiger partial charge in [-0.1, -0.05) is 66.7 Å². The number of nitrogens with one attached hydrogen (secondary N) is 2. The van der Waals surface area contributed by atoms with Gasteiger partial charge in [-0.15, -0.1) is 11.6 Å². The van der Waals surface area contributed by atoms with Crippen LogP contribution in [0.5, 0.6) is 5.75 Å². The van der Waals surface area contributed by atoms with Crippen molar-refractivity contribution in [3.05, 3.63) is 95.6 Å². The average molecular weight is 616 g/mol. The molecule has 0 aliphatic carbocycles. The van der Waals surface area contributed by atoms with E-state index in [9.17, 15) is 9.59 Å². The Balaban J connectivity index is 1.12. The van der Waals surface area contributed by atoms with Gasteiger partial charge in [-0.2, -0.15) is 0 Å². The Bertz CT molecular complexity index is 1430. The summed E-state index contributed by atoms with van der Waals surface area (Å²) in [6, 6.07) is 24.9. The van der Waals surface area contributed by atoms with Crippen molar-refractivity contribution in [3.8, 4) is 5.75 Å². The normalized spacial score (nSPS) is 21.8. The molecule has 232 valence electrons. The lowest BCUT2D eigenvalue weighted by molar-refractivity contribution is -0.137. The van der Waals surface area contributed by atoms with Crippen LogP contribution in [0.2, 0.25) is 0 Å². The number of hydrogen-bond acceptors (Lipinski definition) is 6. The van der Waals surface area contributed by atoms with E-state index < -0.39 is 11.4 Å². The van der Waals surface area contributed by atoms with Crippen LogP contribution in [0.3, 0.4) is 0 Å². The van der Waals surface area contributed by atoms with E-state index in [1.807, 2.05) is 65.6 Å². The van der Waals surface area contributed by atoms with E-state index in [1.165, 1.54) is 5.56 Å². The van der Waals surface area contributed by atoms with E-state index in [1.54, 1.807) is 0 Å². The monoisotopic (exact) mass is 615 g/mol. The lowest BCUT2D eigenvalue weighted by Gasteiger charge is -2.39. The number of hydrogen-bond donors (Lipinski definition) is 2. The summed E-state index contributed by atoms with van der Waals surface area (Å²) in [7, 11) is 2.14. The van der Waals surface area contributed by atoms with Crippen LogP contribution in [0.1, 0.15) is 47.4 Å². The van der Waals surface area contributed by atoms with Crippen LogP contribution in [0.4, 0.5) is 5.69 Å². The number of piperidine rings is 1. The first-order valence-corrected chi connectivity index (χ1v) is 16.2. The van der Waals surface area contributed by atoms with E-state index >= 15 is 0 Å². The molecule has 3 unspecified atom stereocenters. The minimum absolute atomic E-state index is 0.0905. The van der Waals surface area contributed by atoms with Crippen molar-refractivity contribution >= 4 is 29.1 Å². The number of fused-ring (bicyclic) bond motifs is 1. The fourth-order valence-corrected chi connectivity index (χ4v) is 6.96. The fourth-order valence-electron chi connectivity index (χ4n) is 6.64. The summed E-state index contributed by atoms with van der Waals surface area (Å²) in [6.07, 6.45) is 2.60. The van der Waals surface area contributed by atoms with E-state index in [0.717, 1.165) is 55.0 Å². The van der Waals surface area contributed by atoms with Crippen LogP contribution in [-0.4, -0.2) is 80.1 Å². The number of likely N-dealkylation sites (tertiary alicyclic amines) is 1. The fraction of sp³-hybridized carbons (Fsp3) is 0.429. The highest BCUT2D eigenvalue weighted by molar-refractivity contribution is 6.23. The van der Waals surface area contributed by atoms with Crippen molar-refractivity contribution in [3.63, 3.8) is 0 Å². The summed E-state index contributed by atoms with van der Waals surface area (Å²) in [5.41, 5.74) is 4.19. The van der Waals surface area contributed by atoms with Crippen LogP contribution < -0.4 is 20.3 Å². The SMILES string of the molecule is CN1CCCC(Oc2ccccc2N2CCN(C(=O)C(NC(=O)CC3NCc4ccccc43)[C@@H](Cl)c3ccccc3)CC2)C1. The first-order chi connectivity index (χ1) is 21.5. The molecule has 2 fully saturated rings. The van der Waals surface area contributed by atoms with Crippen molar-refractivity contribution in [2.45, 2.75) is 49.4 Å². The maximum atomic E-state index is 14.1. The largest absolute Gasteiger partial charge is 0.487 e. The van der Waals surface area contributed by atoms with E-state index in [2.05, 4.69) is 45.7 Å². The molecule has 3 heterocycles. The zero-order valence-corrected chi connectivity index (χ0v) is 26.1. The van der Waals surface area contributed by atoms with Gasteiger partial charge in [0.1, 0.15) is 17.9 Å². The van der Waals surface area contributed by atoms with Gasteiger partial charge >= 0.3 is 0 Å². The Kier molecular flexibility index (Phi) is 9.69. The van der Waals surface area contributed by atoms with Gasteiger partial charge in [-0.25, -0.2) is 0 Å². The molecule has 3 aromatic carbocycles. The Labute approximate surface area is 265 Å². The summed E-state index contributed by atoms with van der Waals surface area (Å²) in [5, 5.41) is 5.76. The van der Waals surface area contributed by atoms with Crippen LogP contribution >= 0.6 is 11.6 Å². The number of ether oxygens (including phenoxy) is 1. The van der Waals surface area contributed by atoms with Crippen LogP contribution in [0, 0.1) is 0 Å². The second kappa shape index (κ2) is 14.0. The summed E-state index contributed by atoms with van der Waals surface area (Å²) >= 11 is 6.97. The third kappa shape index (κ3) is 7.04. The maximum Gasteiger partial charge on any atom is 0.247 e. The van der Waals surface area contributed by atoms with Gasteiger partial charge in [0.05, 0.1) is 11.1 Å². The van der Waals surface area contributed by atoms with E-state index in [0.29, 0.717) is 26.2 Å². The second-order valence-electron chi connectivity index (χ2n) is 12.1. The number of amides is 2. The minimum atomic E-state index is -0.881. The van der Waals surface area contributed by atoms with E-state index in [4.69, 9.17) is 16.3 Å². The molecule has 6 rings (SSSR count). The molecule has 0 radical (unpaired) electrons. The predicted octanol–water partition coefficient (Wildman–Crippen LogP) is 4.51. The van der Waals surface area contributed by atoms with Gasteiger partial charge in [0.25, 0.3) is 0 Å². The quantitative estimate of drug-likeness (QED) is 0.345. The Morgan fingerprint density at radius 3 is 2.48 bits per heavy atom. The molecular weight excluding hydrogens is 574 g/mol. The Morgan fingerprint density at radius 2 is 1.68 bits per heavy atom. The molecule has 0 aromatic heterocycles. The number of piperazine rings is 1. The van der Waals surface area contributed by atoms with Crippen molar-refractivity contribution in [2.75, 3.05) is 51.2 Å². The van der Waals surface area contributed by atoms with E-state index in [-0.39, 0.29) is 30.4 Å². The minimum Gasteiger partial charge on any atom is -0.487 e. The molecule has 44 heavy (non-hydrogen) atoms. The zero-order valence-electron chi connectivity index (χ0n) is 25.3. The number of carbonyl (C=O) groups excluding carboxylic acids is 2. The molecule has 3 aliphatic rings. The maximum absolute atomic E-state index is 14.1. The molecule has 4 atom stereocenters. The molecule has 0 saturated carbocycles. The summed E-state index contributed by atoms with van der Waals surface area (Å²) in [6.45, 7) is 5.15. The molecule has 0 bridgehead atoms. The number of halogens is 1. The third-order valence-electron chi connectivity index (χ3n) is 9.02. The number of rotatable bonds is 9. The number of likely N-dealkylation sites (N-methyl/N-ethyl adjacent to an activating group) is 1. The van der Waals surface area contributed by atoms with Crippen LogP contribution in [0.15, 0.2) is 78.9 Å². The van der Waals surface area contributed by atoms with Gasteiger partial charge in [-0.3, -0.25) is 9.59 Å².